The van der Waals surface area contributed by atoms with Crippen LogP contribution in [0.4, 0.5) is 13.2 Å². The van der Waals surface area contributed by atoms with Crippen molar-refractivity contribution in [3.63, 3.8) is 0 Å². The van der Waals surface area contributed by atoms with E-state index >= 15 is 0 Å². The van der Waals surface area contributed by atoms with Crippen molar-refractivity contribution < 1.29 is 22.7 Å². The number of halogens is 3. The maximum absolute atomic E-state index is 13.0. The molecule has 0 unspecified atom stereocenters. The topological polar surface area (TPSA) is 38.3 Å². The number of hydrogen-bond acceptors (Lipinski definition) is 2. The van der Waals surface area contributed by atoms with Gasteiger partial charge in [-0.25, -0.2) is 0 Å². The number of benzene rings is 3. The second-order valence-electron chi connectivity index (χ2n) is 5.94. The second-order valence-corrected chi connectivity index (χ2v) is 5.94. The predicted octanol–water partition coefficient (Wildman–Crippen LogP) is 5.28. The lowest BCUT2D eigenvalue weighted by molar-refractivity contribution is -0.137. The zero-order valence-electron chi connectivity index (χ0n) is 15.2. The smallest absolute Gasteiger partial charge is 0.417 e. The normalized spacial score (nSPS) is 10.6. The van der Waals surface area contributed by atoms with E-state index in [1.54, 1.807) is 36.4 Å². The lowest BCUT2D eigenvalue weighted by Crippen LogP contribution is -2.24. The van der Waals surface area contributed by atoms with Crippen molar-refractivity contribution in [1.29, 1.82) is 0 Å². The highest BCUT2D eigenvalue weighted by atomic mass is 19.4. The molecule has 29 heavy (non-hydrogen) atoms. The first-order chi connectivity index (χ1) is 13.9. The summed E-state index contributed by atoms with van der Waals surface area (Å²) in [6.07, 6.45) is -4.48. The van der Waals surface area contributed by atoms with Crippen LogP contribution < -0.4 is 10.1 Å². The Balaban J connectivity index is 1.69. The predicted molar refractivity (Wildman–Crippen MR) is 104 cm³/mol. The summed E-state index contributed by atoms with van der Waals surface area (Å²) in [4.78, 5) is 12.5. The second kappa shape index (κ2) is 8.98. The van der Waals surface area contributed by atoms with Crippen LogP contribution in [0.15, 0.2) is 78.9 Å². The van der Waals surface area contributed by atoms with E-state index in [2.05, 4.69) is 17.2 Å². The first kappa shape index (κ1) is 20.0. The van der Waals surface area contributed by atoms with Gasteiger partial charge in [-0.1, -0.05) is 54.3 Å². The van der Waals surface area contributed by atoms with E-state index < -0.39 is 17.6 Å². The fraction of sp³-hybridized carbons (Fsp3) is 0.0870. The van der Waals surface area contributed by atoms with Gasteiger partial charge in [0.1, 0.15) is 11.5 Å². The first-order valence-corrected chi connectivity index (χ1v) is 8.70. The molecule has 0 aliphatic heterocycles. The number of amides is 1. The van der Waals surface area contributed by atoms with Gasteiger partial charge in [0.25, 0.3) is 5.91 Å². The van der Waals surface area contributed by atoms with E-state index in [-0.39, 0.29) is 12.1 Å². The number of para-hydroxylation sites is 2. The van der Waals surface area contributed by atoms with Gasteiger partial charge >= 0.3 is 6.18 Å². The van der Waals surface area contributed by atoms with Crippen LogP contribution in [-0.4, -0.2) is 12.5 Å². The van der Waals surface area contributed by atoms with Crippen molar-refractivity contribution in [3.05, 3.63) is 95.6 Å². The number of carbonyl (C=O) groups is 1. The van der Waals surface area contributed by atoms with E-state index in [1.165, 1.54) is 18.2 Å². The van der Waals surface area contributed by atoms with Gasteiger partial charge in [-0.3, -0.25) is 4.79 Å². The molecular formula is C23H16F3NO2. The van der Waals surface area contributed by atoms with Crippen molar-refractivity contribution in [1.82, 2.24) is 5.32 Å². The molecule has 0 bridgehead atoms. The highest BCUT2D eigenvalue weighted by Gasteiger charge is 2.32. The number of carbonyl (C=O) groups excluding carboxylic acids is 1. The van der Waals surface area contributed by atoms with E-state index in [4.69, 9.17) is 4.74 Å². The zero-order valence-corrected chi connectivity index (χ0v) is 15.2. The fourth-order valence-corrected chi connectivity index (χ4v) is 2.56. The summed E-state index contributed by atoms with van der Waals surface area (Å²) in [5.41, 5.74) is -0.642. The van der Waals surface area contributed by atoms with Gasteiger partial charge in [0, 0.05) is 5.56 Å². The third kappa shape index (κ3) is 5.39. The third-order valence-corrected chi connectivity index (χ3v) is 3.90. The molecule has 1 N–H and O–H groups in total. The molecule has 0 saturated carbocycles. The van der Waals surface area contributed by atoms with Crippen molar-refractivity contribution in [3.8, 4) is 23.3 Å². The molecule has 3 aromatic carbocycles. The Morgan fingerprint density at radius 2 is 1.55 bits per heavy atom. The Morgan fingerprint density at radius 1 is 0.897 bits per heavy atom. The molecule has 0 spiro atoms. The molecule has 6 heteroatoms. The molecular weight excluding hydrogens is 379 g/mol. The third-order valence-electron chi connectivity index (χ3n) is 3.90. The number of rotatable bonds is 4. The molecule has 3 rings (SSSR count). The van der Waals surface area contributed by atoms with E-state index in [1.807, 2.05) is 18.2 Å². The van der Waals surface area contributed by atoms with Gasteiger partial charge in [-0.15, -0.1) is 0 Å². The highest BCUT2D eigenvalue weighted by Crippen LogP contribution is 2.31. The van der Waals surface area contributed by atoms with E-state index in [9.17, 15) is 18.0 Å². The number of nitrogens with one attached hydrogen (secondary N) is 1. The highest BCUT2D eigenvalue weighted by molar-refractivity contribution is 5.97. The van der Waals surface area contributed by atoms with Crippen molar-refractivity contribution in [2.75, 3.05) is 6.54 Å². The molecule has 3 nitrogen and oxygen atoms in total. The van der Waals surface area contributed by atoms with Crippen LogP contribution in [0.3, 0.4) is 0 Å². The standard InChI is InChI=1S/C23H16F3NO2/c24-23(25,26)20-14-6-4-9-17(20)10-8-16-27-22(28)19-13-5-7-15-21(19)29-18-11-2-1-3-12-18/h1-7,9,11-15H,16H2,(H,27,28). The van der Waals surface area contributed by atoms with E-state index in [0.29, 0.717) is 17.1 Å². The molecule has 0 heterocycles. The van der Waals surface area contributed by atoms with Crippen LogP contribution in [0.2, 0.25) is 0 Å². The number of alkyl halides is 3. The summed E-state index contributed by atoms with van der Waals surface area (Å²) in [6, 6.07) is 20.7. The number of ether oxygens (including phenoxy) is 1. The zero-order chi connectivity index (χ0) is 20.7. The first-order valence-electron chi connectivity index (χ1n) is 8.70. The molecule has 3 aromatic rings. The SMILES string of the molecule is O=C(NCC#Cc1ccccc1C(F)(F)F)c1ccccc1Oc1ccccc1. The van der Waals surface area contributed by atoms with Gasteiger partial charge in [-0.2, -0.15) is 13.2 Å². The lowest BCUT2D eigenvalue weighted by Gasteiger charge is -2.10. The van der Waals surface area contributed by atoms with Crippen molar-refractivity contribution in [2.24, 2.45) is 0 Å². The summed E-state index contributed by atoms with van der Waals surface area (Å²) >= 11 is 0. The van der Waals surface area contributed by atoms with E-state index in [0.717, 1.165) is 6.07 Å². The summed E-state index contributed by atoms with van der Waals surface area (Å²) in [7, 11) is 0. The van der Waals surface area contributed by atoms with Crippen LogP contribution in [0.5, 0.6) is 11.5 Å². The van der Waals surface area contributed by atoms with Gasteiger partial charge in [0.2, 0.25) is 0 Å². The Hall–Kier alpha value is -3.72. The molecule has 0 aliphatic carbocycles. The van der Waals surface area contributed by atoms with Crippen LogP contribution in [-0.2, 0) is 6.18 Å². The lowest BCUT2D eigenvalue weighted by atomic mass is 10.1. The molecule has 1 amide bonds. The molecule has 0 aromatic heterocycles. The largest absolute Gasteiger partial charge is 0.457 e. The maximum Gasteiger partial charge on any atom is 0.417 e. The minimum absolute atomic E-state index is 0.106. The summed E-state index contributed by atoms with van der Waals surface area (Å²) in [6.45, 7) is -0.106. The molecule has 0 radical (unpaired) electrons. The van der Waals surface area contributed by atoms with Gasteiger partial charge in [-0.05, 0) is 36.4 Å². The minimum Gasteiger partial charge on any atom is -0.457 e. The molecule has 146 valence electrons. The quantitative estimate of drug-likeness (QED) is 0.611. The van der Waals surface area contributed by atoms with Gasteiger partial charge in [0.15, 0.2) is 0 Å². The molecule has 0 aliphatic rings. The molecule has 0 fully saturated rings. The molecule has 0 saturated heterocycles. The van der Waals surface area contributed by atoms with Crippen molar-refractivity contribution in [2.45, 2.75) is 6.18 Å². The Labute approximate surface area is 166 Å². The minimum atomic E-state index is -4.48. The average Bonchev–Trinajstić information content (AvgIpc) is 2.72. The number of hydrogen-bond donors (Lipinski definition) is 1. The summed E-state index contributed by atoms with van der Waals surface area (Å²) in [5.74, 6) is 5.54. The van der Waals surface area contributed by atoms with Gasteiger partial charge in [0.05, 0.1) is 17.7 Å². The van der Waals surface area contributed by atoms with Gasteiger partial charge < -0.3 is 10.1 Å². The van der Waals surface area contributed by atoms with Crippen LogP contribution in [0.1, 0.15) is 21.5 Å². The fourth-order valence-electron chi connectivity index (χ4n) is 2.56. The maximum atomic E-state index is 13.0. The van der Waals surface area contributed by atoms with Crippen LogP contribution >= 0.6 is 0 Å². The summed E-state index contributed by atoms with van der Waals surface area (Å²) < 4.78 is 44.7. The van der Waals surface area contributed by atoms with Crippen LogP contribution in [0.25, 0.3) is 0 Å². The van der Waals surface area contributed by atoms with Crippen LogP contribution in [0, 0.1) is 11.8 Å². The molecule has 0 atom stereocenters. The summed E-state index contributed by atoms with van der Waals surface area (Å²) in [5, 5.41) is 2.58. The van der Waals surface area contributed by atoms with Crippen molar-refractivity contribution >= 4 is 5.91 Å². The average molecular weight is 395 g/mol. The Bertz CT molecular complexity index is 1050. The Morgan fingerprint density at radius 3 is 2.31 bits per heavy atom. The monoisotopic (exact) mass is 395 g/mol. The Kier molecular flexibility index (Phi) is 6.20.